The van der Waals surface area contributed by atoms with Crippen molar-refractivity contribution in [3.05, 3.63) is 45.4 Å². The Balaban J connectivity index is 2.23. The Morgan fingerprint density at radius 3 is 2.60 bits per heavy atom. The van der Waals surface area contributed by atoms with Gasteiger partial charge in [-0.1, -0.05) is 0 Å². The van der Waals surface area contributed by atoms with Crippen molar-refractivity contribution in [1.82, 2.24) is 9.97 Å². The summed E-state index contributed by atoms with van der Waals surface area (Å²) in [5.41, 5.74) is 0.267. The van der Waals surface area contributed by atoms with Gasteiger partial charge in [0, 0.05) is 10.9 Å². The molecule has 0 unspecified atom stereocenters. The summed E-state index contributed by atoms with van der Waals surface area (Å²) in [6, 6.07) is 3.00. The molecular formula is C12H5F3N2OS2. The predicted molar refractivity (Wildman–Crippen MR) is 70.2 cm³/mol. The minimum Gasteiger partial charge on any atom is -0.287 e. The maximum atomic E-state index is 12.8. The van der Waals surface area contributed by atoms with Crippen LogP contribution in [0.3, 0.4) is 0 Å². The lowest BCUT2D eigenvalue weighted by Crippen LogP contribution is -2.15. The first-order chi connectivity index (χ1) is 9.47. The monoisotopic (exact) mass is 314 g/mol. The molecule has 0 aliphatic heterocycles. The summed E-state index contributed by atoms with van der Waals surface area (Å²) in [4.78, 5) is 19.1. The predicted octanol–water partition coefficient (Wildman–Crippen LogP) is 4.00. The Labute approximate surface area is 118 Å². The lowest BCUT2D eigenvalue weighted by Gasteiger charge is -2.07. The Morgan fingerprint density at radius 1 is 1.15 bits per heavy atom. The summed E-state index contributed by atoms with van der Waals surface area (Å²) < 4.78 is 38.7. The molecule has 3 aromatic heterocycles. The maximum Gasteiger partial charge on any atom is 0.451 e. The van der Waals surface area contributed by atoms with E-state index in [2.05, 4.69) is 9.97 Å². The van der Waals surface area contributed by atoms with Gasteiger partial charge in [0.25, 0.3) is 0 Å². The number of carbonyl (C=O) groups excluding carboxylic acids is 1. The van der Waals surface area contributed by atoms with Crippen molar-refractivity contribution >= 4 is 38.7 Å². The molecule has 102 valence electrons. The van der Waals surface area contributed by atoms with Crippen molar-refractivity contribution in [3.8, 4) is 0 Å². The fraction of sp³-hybridized carbons (Fsp3) is 0.0833. The number of fused-ring (bicyclic) bond motifs is 1. The SMILES string of the molecule is O=C(c1ccsc1)c1nc(C(F)(F)F)nc2ccsc12. The molecule has 8 heteroatoms. The van der Waals surface area contributed by atoms with Gasteiger partial charge < -0.3 is 0 Å². The van der Waals surface area contributed by atoms with Crippen molar-refractivity contribution in [2.75, 3.05) is 0 Å². The number of hydrogen-bond acceptors (Lipinski definition) is 5. The largest absolute Gasteiger partial charge is 0.451 e. The van der Waals surface area contributed by atoms with Crippen molar-refractivity contribution in [2.24, 2.45) is 0 Å². The van der Waals surface area contributed by atoms with E-state index >= 15 is 0 Å². The third kappa shape index (κ3) is 2.20. The third-order valence-electron chi connectivity index (χ3n) is 2.56. The zero-order chi connectivity index (χ0) is 14.3. The fourth-order valence-electron chi connectivity index (χ4n) is 1.67. The minimum atomic E-state index is -4.68. The number of alkyl halides is 3. The van der Waals surface area contributed by atoms with E-state index in [1.807, 2.05) is 0 Å². The summed E-state index contributed by atoms with van der Waals surface area (Å²) in [5.74, 6) is -1.81. The Hall–Kier alpha value is -1.80. The quantitative estimate of drug-likeness (QED) is 0.671. The van der Waals surface area contributed by atoms with Gasteiger partial charge in [0.05, 0.1) is 10.2 Å². The molecule has 0 radical (unpaired) electrons. The highest BCUT2D eigenvalue weighted by Gasteiger charge is 2.36. The second kappa shape index (κ2) is 4.64. The van der Waals surface area contributed by atoms with Crippen LogP contribution in [-0.4, -0.2) is 15.8 Å². The smallest absolute Gasteiger partial charge is 0.287 e. The van der Waals surface area contributed by atoms with E-state index in [-0.39, 0.29) is 11.2 Å². The van der Waals surface area contributed by atoms with Crippen LogP contribution in [0.15, 0.2) is 28.3 Å². The van der Waals surface area contributed by atoms with E-state index in [0.717, 1.165) is 11.3 Å². The number of nitrogens with zero attached hydrogens (tertiary/aromatic N) is 2. The Bertz CT molecular complexity index is 778. The lowest BCUT2D eigenvalue weighted by molar-refractivity contribution is -0.144. The van der Waals surface area contributed by atoms with Gasteiger partial charge in [-0.15, -0.1) is 11.3 Å². The molecule has 0 N–H and O–H groups in total. The molecule has 3 rings (SSSR count). The average Bonchev–Trinajstić information content (AvgIpc) is 3.06. The first-order valence-corrected chi connectivity index (χ1v) is 7.18. The zero-order valence-electron chi connectivity index (χ0n) is 9.64. The van der Waals surface area contributed by atoms with Crippen LogP contribution in [0.1, 0.15) is 21.9 Å². The van der Waals surface area contributed by atoms with Crippen molar-refractivity contribution < 1.29 is 18.0 Å². The van der Waals surface area contributed by atoms with Gasteiger partial charge in [-0.2, -0.15) is 24.5 Å². The van der Waals surface area contributed by atoms with E-state index in [9.17, 15) is 18.0 Å². The normalized spacial score (nSPS) is 11.9. The third-order valence-corrected chi connectivity index (χ3v) is 4.15. The van der Waals surface area contributed by atoms with Gasteiger partial charge in [0.1, 0.15) is 5.69 Å². The van der Waals surface area contributed by atoms with Gasteiger partial charge >= 0.3 is 6.18 Å². The molecule has 0 amide bonds. The number of halogens is 3. The highest BCUT2D eigenvalue weighted by Crippen LogP contribution is 2.31. The van der Waals surface area contributed by atoms with Crippen LogP contribution < -0.4 is 0 Å². The summed E-state index contributed by atoms with van der Waals surface area (Å²) in [5, 5.41) is 4.85. The summed E-state index contributed by atoms with van der Waals surface area (Å²) >= 11 is 2.45. The molecule has 20 heavy (non-hydrogen) atoms. The number of hydrogen-bond donors (Lipinski definition) is 0. The molecule has 0 spiro atoms. The van der Waals surface area contributed by atoms with Crippen LogP contribution in [0.4, 0.5) is 13.2 Å². The first-order valence-electron chi connectivity index (χ1n) is 5.36. The van der Waals surface area contributed by atoms with Crippen molar-refractivity contribution in [1.29, 1.82) is 0 Å². The van der Waals surface area contributed by atoms with E-state index < -0.39 is 17.8 Å². The van der Waals surface area contributed by atoms with Crippen LogP contribution in [0, 0.1) is 0 Å². The molecule has 3 heterocycles. The van der Waals surface area contributed by atoms with Gasteiger partial charge in [0.2, 0.25) is 11.6 Å². The number of ketones is 1. The van der Waals surface area contributed by atoms with E-state index in [1.54, 1.807) is 22.2 Å². The van der Waals surface area contributed by atoms with Crippen LogP contribution in [0.25, 0.3) is 10.2 Å². The average molecular weight is 314 g/mol. The lowest BCUT2D eigenvalue weighted by atomic mass is 10.1. The molecular weight excluding hydrogens is 309 g/mol. The number of aromatic nitrogens is 2. The van der Waals surface area contributed by atoms with Crippen LogP contribution >= 0.6 is 22.7 Å². The highest BCUT2D eigenvalue weighted by atomic mass is 32.1. The molecule has 0 atom stereocenters. The molecule has 0 saturated heterocycles. The molecule has 3 nitrogen and oxygen atoms in total. The summed E-state index contributed by atoms with van der Waals surface area (Å²) in [6.07, 6.45) is -4.68. The van der Waals surface area contributed by atoms with Gasteiger partial charge in [-0.3, -0.25) is 4.79 Å². The molecule has 0 saturated carbocycles. The van der Waals surface area contributed by atoms with Gasteiger partial charge in [-0.05, 0) is 22.9 Å². The van der Waals surface area contributed by atoms with E-state index in [1.165, 1.54) is 17.4 Å². The molecule has 0 aliphatic carbocycles. The Morgan fingerprint density at radius 2 is 1.95 bits per heavy atom. The van der Waals surface area contributed by atoms with Gasteiger partial charge in [0.15, 0.2) is 0 Å². The number of thiophene rings is 2. The first kappa shape index (κ1) is 13.2. The van der Waals surface area contributed by atoms with Crippen LogP contribution in [0.5, 0.6) is 0 Å². The van der Waals surface area contributed by atoms with Crippen LogP contribution in [-0.2, 0) is 6.18 Å². The standard InChI is InChI=1S/C12H5F3N2OS2/c13-12(14,15)11-16-7-2-4-20-10(7)8(17-11)9(18)6-1-3-19-5-6/h1-5H. The number of rotatable bonds is 2. The molecule has 0 aromatic carbocycles. The van der Waals surface area contributed by atoms with E-state index in [4.69, 9.17) is 0 Å². The van der Waals surface area contributed by atoms with E-state index in [0.29, 0.717) is 10.3 Å². The second-order valence-electron chi connectivity index (χ2n) is 3.87. The fourth-order valence-corrected chi connectivity index (χ4v) is 3.13. The maximum absolute atomic E-state index is 12.8. The van der Waals surface area contributed by atoms with Crippen molar-refractivity contribution in [2.45, 2.75) is 6.18 Å². The van der Waals surface area contributed by atoms with Gasteiger partial charge in [-0.25, -0.2) is 9.97 Å². The number of carbonyl (C=O) groups is 1. The van der Waals surface area contributed by atoms with Crippen LogP contribution in [0.2, 0.25) is 0 Å². The Kier molecular flexibility index (Phi) is 3.06. The molecule has 0 aliphatic rings. The minimum absolute atomic E-state index is 0.135. The summed E-state index contributed by atoms with van der Waals surface area (Å²) in [6.45, 7) is 0. The molecule has 0 bridgehead atoms. The second-order valence-corrected chi connectivity index (χ2v) is 5.57. The highest BCUT2D eigenvalue weighted by molar-refractivity contribution is 7.17. The zero-order valence-corrected chi connectivity index (χ0v) is 11.3. The summed E-state index contributed by atoms with van der Waals surface area (Å²) in [7, 11) is 0. The topological polar surface area (TPSA) is 42.9 Å². The molecule has 3 aromatic rings. The molecule has 0 fully saturated rings. The van der Waals surface area contributed by atoms with Crippen molar-refractivity contribution in [3.63, 3.8) is 0 Å².